The first-order valence-corrected chi connectivity index (χ1v) is 6.08. The first kappa shape index (κ1) is 19.3. The summed E-state index contributed by atoms with van der Waals surface area (Å²) < 4.78 is 0. The highest BCUT2D eigenvalue weighted by Crippen LogP contribution is 2.27. The van der Waals surface area contributed by atoms with Crippen molar-refractivity contribution in [2.75, 3.05) is 12.3 Å². The van der Waals surface area contributed by atoms with E-state index in [-0.39, 0.29) is 30.3 Å². The molecule has 1 atom stereocenters. The molecule has 1 aromatic rings. The van der Waals surface area contributed by atoms with Crippen LogP contribution in [0.15, 0.2) is 0 Å². The molecule has 1 aromatic heterocycles. The second-order valence-corrected chi connectivity index (χ2v) is 4.93. The predicted molar refractivity (Wildman–Crippen MR) is 78.7 cm³/mol. The van der Waals surface area contributed by atoms with Crippen molar-refractivity contribution in [2.45, 2.75) is 38.6 Å². The van der Waals surface area contributed by atoms with E-state index in [1.807, 2.05) is 0 Å². The van der Waals surface area contributed by atoms with Gasteiger partial charge in [0.1, 0.15) is 0 Å². The fourth-order valence-electron chi connectivity index (χ4n) is 1.92. The number of nitrogen functional groups attached to an aromatic ring is 1. The Hall–Kier alpha value is -0.0700. The highest BCUT2D eigenvalue weighted by molar-refractivity contribution is 7.15. The van der Waals surface area contributed by atoms with E-state index in [4.69, 9.17) is 5.73 Å². The number of thiazole rings is 1. The molecule has 1 heterocycles. The van der Waals surface area contributed by atoms with Crippen molar-refractivity contribution in [3.8, 4) is 0 Å². The smallest absolute Gasteiger partial charge is 0.180 e. The monoisotopic (exact) mass is 301 g/mol. The molecule has 0 unspecified atom stereocenters. The van der Waals surface area contributed by atoms with Gasteiger partial charge in [-0.25, -0.2) is 4.98 Å². The van der Waals surface area contributed by atoms with E-state index in [1.165, 1.54) is 23.4 Å². The van der Waals surface area contributed by atoms with Crippen LogP contribution in [0.5, 0.6) is 0 Å². The summed E-state index contributed by atoms with van der Waals surface area (Å²) in [6.07, 6.45) is 4.61. The van der Waals surface area contributed by atoms with Crippen molar-refractivity contribution < 1.29 is 5.48 Å². The Kier molecular flexibility index (Phi) is 10.1. The maximum atomic E-state index is 5.69. The molecule has 0 aliphatic heterocycles. The molecule has 0 amide bonds. The first-order chi connectivity index (χ1) is 6.79. The largest absolute Gasteiger partial charge is 0.412 e. The van der Waals surface area contributed by atoms with E-state index in [0.717, 1.165) is 24.5 Å². The summed E-state index contributed by atoms with van der Waals surface area (Å²) in [5, 5.41) is 4.29. The van der Waals surface area contributed by atoms with Crippen LogP contribution in [0.4, 0.5) is 5.13 Å². The van der Waals surface area contributed by atoms with E-state index in [2.05, 4.69) is 17.2 Å². The topological polar surface area (TPSA) is 82.4 Å². The summed E-state index contributed by atoms with van der Waals surface area (Å²) >= 11 is 1.65. The van der Waals surface area contributed by atoms with Crippen LogP contribution in [-0.2, 0) is 12.8 Å². The van der Waals surface area contributed by atoms with E-state index < -0.39 is 0 Å². The molecule has 0 fully saturated rings. The number of nitrogens with one attached hydrogen (secondary N) is 1. The van der Waals surface area contributed by atoms with Crippen molar-refractivity contribution in [3.05, 3.63) is 10.6 Å². The van der Waals surface area contributed by atoms with Gasteiger partial charge in [-0.15, -0.1) is 36.2 Å². The highest BCUT2D eigenvalue weighted by Gasteiger charge is 2.21. The third-order valence-electron chi connectivity index (χ3n) is 2.64. The van der Waals surface area contributed by atoms with Crippen molar-refractivity contribution in [2.24, 2.45) is 0 Å². The van der Waals surface area contributed by atoms with Crippen LogP contribution in [0.3, 0.4) is 0 Å². The first-order valence-electron chi connectivity index (χ1n) is 5.27. The number of aryl methyl sites for hydroxylation is 1. The number of aromatic nitrogens is 1. The molecular formula is C10H21Cl2N3OS. The minimum absolute atomic E-state index is 0. The summed E-state index contributed by atoms with van der Waals surface area (Å²) in [5.74, 6) is 0. The number of fused-ring (bicyclic) bond motifs is 1. The zero-order chi connectivity index (χ0) is 9.97. The van der Waals surface area contributed by atoms with Gasteiger partial charge in [0.2, 0.25) is 0 Å². The molecule has 0 bridgehead atoms. The second kappa shape index (κ2) is 8.94. The Bertz CT molecular complexity index is 322. The van der Waals surface area contributed by atoms with Crippen LogP contribution in [0.2, 0.25) is 0 Å². The molecule has 7 heteroatoms. The number of hydrogen-bond acceptors (Lipinski definition) is 4. The van der Waals surface area contributed by atoms with Crippen LogP contribution >= 0.6 is 36.2 Å². The fourth-order valence-corrected chi connectivity index (χ4v) is 2.88. The summed E-state index contributed by atoms with van der Waals surface area (Å²) in [6.45, 7) is 3.32. The molecule has 0 saturated heterocycles. The van der Waals surface area contributed by atoms with E-state index in [1.54, 1.807) is 11.3 Å². The Labute approximate surface area is 119 Å². The van der Waals surface area contributed by atoms with E-state index in [0.29, 0.717) is 6.04 Å². The van der Waals surface area contributed by atoms with Crippen LogP contribution in [0, 0.1) is 0 Å². The molecule has 102 valence electrons. The molecule has 4 nitrogen and oxygen atoms in total. The quantitative estimate of drug-likeness (QED) is 0.889. The van der Waals surface area contributed by atoms with Gasteiger partial charge in [0.15, 0.2) is 5.13 Å². The van der Waals surface area contributed by atoms with Crippen LogP contribution in [-0.4, -0.2) is 23.0 Å². The van der Waals surface area contributed by atoms with Gasteiger partial charge >= 0.3 is 0 Å². The zero-order valence-electron chi connectivity index (χ0n) is 9.86. The molecule has 0 aromatic carbocycles. The van der Waals surface area contributed by atoms with Crippen molar-refractivity contribution in [1.29, 1.82) is 0 Å². The molecule has 0 radical (unpaired) electrons. The summed E-state index contributed by atoms with van der Waals surface area (Å²) in [7, 11) is 0. The Morgan fingerprint density at radius 2 is 2.18 bits per heavy atom. The molecule has 0 saturated carbocycles. The van der Waals surface area contributed by atoms with Crippen LogP contribution in [0.1, 0.15) is 30.3 Å². The summed E-state index contributed by atoms with van der Waals surface area (Å²) in [4.78, 5) is 5.73. The molecule has 17 heavy (non-hydrogen) atoms. The number of rotatable bonds is 3. The number of halogens is 2. The lowest BCUT2D eigenvalue weighted by Crippen LogP contribution is -2.34. The van der Waals surface area contributed by atoms with Crippen molar-refractivity contribution >= 4 is 41.3 Å². The van der Waals surface area contributed by atoms with Gasteiger partial charge in [0.25, 0.3) is 0 Å². The Balaban J connectivity index is 0. The number of hydrogen-bond donors (Lipinski definition) is 2. The lowest BCUT2D eigenvalue weighted by Gasteiger charge is -2.21. The summed E-state index contributed by atoms with van der Waals surface area (Å²) in [5.41, 5.74) is 6.93. The van der Waals surface area contributed by atoms with Gasteiger partial charge in [-0.05, 0) is 32.2 Å². The van der Waals surface area contributed by atoms with E-state index in [9.17, 15) is 0 Å². The average molecular weight is 302 g/mol. The SMILES string of the molecule is CCCN[C@@H]1CCc2nc(N)sc2C1.Cl.Cl.O. The van der Waals surface area contributed by atoms with Crippen LogP contribution < -0.4 is 11.1 Å². The molecule has 5 N–H and O–H groups in total. The standard InChI is InChI=1S/C10H17N3S.2ClH.H2O/c1-2-5-12-7-3-4-8-9(6-7)14-10(11)13-8;;;/h7,12H,2-6H2,1H3,(H2,11,13);2*1H;1H2/t7-;;;/m1.../s1. The van der Waals surface area contributed by atoms with Gasteiger partial charge in [-0.1, -0.05) is 6.92 Å². The number of anilines is 1. The molecule has 1 aliphatic carbocycles. The second-order valence-electron chi connectivity index (χ2n) is 3.82. The minimum Gasteiger partial charge on any atom is -0.412 e. The summed E-state index contributed by atoms with van der Waals surface area (Å²) in [6, 6.07) is 0.641. The van der Waals surface area contributed by atoms with Crippen molar-refractivity contribution in [3.63, 3.8) is 0 Å². The zero-order valence-corrected chi connectivity index (χ0v) is 12.3. The van der Waals surface area contributed by atoms with Crippen LogP contribution in [0.25, 0.3) is 0 Å². The highest BCUT2D eigenvalue weighted by atomic mass is 35.5. The van der Waals surface area contributed by atoms with Gasteiger partial charge in [0, 0.05) is 10.9 Å². The fraction of sp³-hybridized carbons (Fsp3) is 0.700. The average Bonchev–Trinajstić information content (AvgIpc) is 2.54. The van der Waals surface area contributed by atoms with Gasteiger partial charge < -0.3 is 16.5 Å². The predicted octanol–water partition coefficient (Wildman–Crippen LogP) is 1.60. The van der Waals surface area contributed by atoms with E-state index >= 15 is 0 Å². The van der Waals surface area contributed by atoms with Gasteiger partial charge in [0.05, 0.1) is 5.69 Å². The number of nitrogens with two attached hydrogens (primary N) is 1. The van der Waals surface area contributed by atoms with Crippen molar-refractivity contribution in [1.82, 2.24) is 10.3 Å². The lowest BCUT2D eigenvalue weighted by molar-refractivity contribution is 0.460. The number of nitrogens with zero attached hydrogens (tertiary/aromatic N) is 1. The molecule has 1 aliphatic rings. The Morgan fingerprint density at radius 3 is 2.82 bits per heavy atom. The molecule has 0 spiro atoms. The normalized spacial score (nSPS) is 17.1. The van der Waals surface area contributed by atoms with Gasteiger partial charge in [-0.2, -0.15) is 0 Å². The molecular weight excluding hydrogens is 281 g/mol. The maximum absolute atomic E-state index is 5.69. The lowest BCUT2D eigenvalue weighted by atomic mass is 9.98. The third kappa shape index (κ3) is 4.97. The third-order valence-corrected chi connectivity index (χ3v) is 3.59. The Morgan fingerprint density at radius 1 is 1.47 bits per heavy atom. The van der Waals surface area contributed by atoms with Gasteiger partial charge in [-0.3, -0.25) is 0 Å². The maximum Gasteiger partial charge on any atom is 0.180 e. The minimum atomic E-state index is 0. The molecule has 2 rings (SSSR count).